The Hall–Kier alpha value is -2.87. The van der Waals surface area contributed by atoms with Crippen LogP contribution in [0.3, 0.4) is 0 Å². The molecule has 0 unspecified atom stereocenters. The van der Waals surface area contributed by atoms with Crippen LogP contribution in [0.25, 0.3) is 11.7 Å². The zero-order chi connectivity index (χ0) is 17.0. The summed E-state index contributed by atoms with van der Waals surface area (Å²) in [6, 6.07) is 3.47. The van der Waals surface area contributed by atoms with Gasteiger partial charge in [-0.1, -0.05) is 0 Å². The average molecular weight is 318 g/mol. The van der Waals surface area contributed by atoms with Crippen LogP contribution >= 0.6 is 0 Å². The zero-order valence-corrected chi connectivity index (χ0v) is 13.0. The van der Waals surface area contributed by atoms with Gasteiger partial charge in [0.15, 0.2) is 5.82 Å². The fourth-order valence-corrected chi connectivity index (χ4v) is 1.94. The molecular formula is C15H18N4O4. The fraction of sp³-hybridized carbons (Fsp3) is 0.267. The normalized spacial score (nSPS) is 11.7. The highest BCUT2D eigenvalue weighted by Gasteiger charge is 2.19. The number of hydroxylamine groups is 1. The molecule has 1 amide bonds. The van der Waals surface area contributed by atoms with Crippen molar-refractivity contribution < 1.29 is 19.5 Å². The van der Waals surface area contributed by atoms with Gasteiger partial charge in [-0.3, -0.25) is 19.2 Å². The summed E-state index contributed by atoms with van der Waals surface area (Å²) < 4.78 is 6.66. The number of anilines is 1. The first-order valence-electron chi connectivity index (χ1n) is 6.87. The predicted molar refractivity (Wildman–Crippen MR) is 84.2 cm³/mol. The smallest absolute Gasteiger partial charge is 0.299 e. The zero-order valence-electron chi connectivity index (χ0n) is 13.0. The maximum atomic E-state index is 11.1. The molecule has 23 heavy (non-hydrogen) atoms. The van der Waals surface area contributed by atoms with Gasteiger partial charge >= 0.3 is 0 Å². The lowest BCUT2D eigenvalue weighted by molar-refractivity contribution is -0.124. The summed E-state index contributed by atoms with van der Waals surface area (Å²) in [5.41, 5.74) is 2.52. The van der Waals surface area contributed by atoms with Crippen LogP contribution in [0.1, 0.15) is 26.3 Å². The Bertz CT molecular complexity index is 759. The number of pyridine rings is 1. The van der Waals surface area contributed by atoms with E-state index >= 15 is 0 Å². The minimum Gasteiger partial charge on any atom is -0.406 e. The van der Waals surface area contributed by atoms with Gasteiger partial charge < -0.3 is 10.1 Å². The molecule has 0 bridgehead atoms. The molecule has 2 rings (SSSR count). The number of nitrogens with one attached hydrogen (secondary N) is 2. The Morgan fingerprint density at radius 3 is 2.74 bits per heavy atom. The lowest BCUT2D eigenvalue weighted by Crippen LogP contribution is -2.27. The number of aromatic nitrogens is 2. The lowest BCUT2D eigenvalue weighted by Gasteiger charge is -2.21. The molecule has 2 aromatic rings. The molecule has 0 radical (unpaired) electrons. The van der Waals surface area contributed by atoms with E-state index in [0.717, 1.165) is 0 Å². The molecule has 0 aliphatic rings. The van der Waals surface area contributed by atoms with E-state index in [1.807, 2.05) is 20.8 Å². The summed E-state index contributed by atoms with van der Waals surface area (Å²) >= 11 is 0. The van der Waals surface area contributed by atoms with E-state index in [1.165, 1.54) is 17.6 Å². The summed E-state index contributed by atoms with van der Waals surface area (Å²) in [5, 5.41) is 11.7. The standard InChI is InChI=1S/C15H18N4O4/c1-15(2,3)17-13-14(23-9-20)16-11-6-4-10(8-19(11)13)5-7-12(21)18-22/h4-9,17,22H,1-3H3,(H,18,21). The van der Waals surface area contributed by atoms with Crippen LogP contribution in [0.15, 0.2) is 24.4 Å². The second-order valence-electron chi connectivity index (χ2n) is 5.85. The van der Waals surface area contributed by atoms with Crippen molar-refractivity contribution in [3.05, 3.63) is 30.0 Å². The molecule has 0 aliphatic carbocycles. The van der Waals surface area contributed by atoms with Crippen LogP contribution in [0.4, 0.5) is 5.82 Å². The number of amides is 1. The Morgan fingerprint density at radius 1 is 1.39 bits per heavy atom. The summed E-state index contributed by atoms with van der Waals surface area (Å²) in [4.78, 5) is 26.0. The number of hydrogen-bond donors (Lipinski definition) is 3. The van der Waals surface area contributed by atoms with Gasteiger partial charge in [0.1, 0.15) is 5.65 Å². The van der Waals surface area contributed by atoms with Crippen LogP contribution < -0.4 is 15.5 Å². The van der Waals surface area contributed by atoms with Gasteiger partial charge in [-0.25, -0.2) is 5.48 Å². The van der Waals surface area contributed by atoms with Crippen molar-refractivity contribution in [3.63, 3.8) is 0 Å². The molecule has 0 fully saturated rings. The van der Waals surface area contributed by atoms with Gasteiger partial charge in [0.05, 0.1) is 0 Å². The Morgan fingerprint density at radius 2 is 2.13 bits per heavy atom. The highest BCUT2D eigenvalue weighted by Crippen LogP contribution is 2.28. The third-order valence-electron chi connectivity index (χ3n) is 2.80. The maximum absolute atomic E-state index is 11.1. The Balaban J connectivity index is 2.50. The van der Waals surface area contributed by atoms with E-state index in [9.17, 15) is 9.59 Å². The van der Waals surface area contributed by atoms with Crippen LogP contribution in [0.2, 0.25) is 0 Å². The van der Waals surface area contributed by atoms with E-state index in [0.29, 0.717) is 23.5 Å². The highest BCUT2D eigenvalue weighted by molar-refractivity contribution is 5.90. The van der Waals surface area contributed by atoms with Crippen molar-refractivity contribution in [1.82, 2.24) is 14.9 Å². The molecule has 0 saturated heterocycles. The van der Waals surface area contributed by atoms with Crippen molar-refractivity contribution >= 4 is 29.9 Å². The molecule has 2 aromatic heterocycles. The number of carbonyl (C=O) groups excluding carboxylic acids is 2. The number of nitrogens with zero attached hydrogens (tertiary/aromatic N) is 2. The molecule has 0 atom stereocenters. The van der Waals surface area contributed by atoms with E-state index in [1.54, 1.807) is 22.7 Å². The second kappa shape index (κ2) is 6.49. The minimum absolute atomic E-state index is 0.171. The van der Waals surface area contributed by atoms with E-state index in [2.05, 4.69) is 10.3 Å². The van der Waals surface area contributed by atoms with Crippen molar-refractivity contribution in [2.45, 2.75) is 26.3 Å². The molecule has 0 aliphatic heterocycles. The topological polar surface area (TPSA) is 105 Å². The third kappa shape index (κ3) is 4.07. The third-order valence-corrected chi connectivity index (χ3v) is 2.80. The molecule has 0 spiro atoms. The second-order valence-corrected chi connectivity index (χ2v) is 5.85. The van der Waals surface area contributed by atoms with Crippen LogP contribution in [-0.2, 0) is 9.59 Å². The number of fused-ring (bicyclic) bond motifs is 1. The number of carbonyl (C=O) groups is 2. The first-order valence-corrected chi connectivity index (χ1v) is 6.87. The quantitative estimate of drug-likeness (QED) is 0.335. The van der Waals surface area contributed by atoms with E-state index in [4.69, 9.17) is 9.94 Å². The van der Waals surface area contributed by atoms with Crippen molar-refractivity contribution in [1.29, 1.82) is 0 Å². The Kier molecular flexibility index (Phi) is 4.65. The molecule has 122 valence electrons. The first-order chi connectivity index (χ1) is 10.8. The van der Waals surface area contributed by atoms with Crippen molar-refractivity contribution in [2.24, 2.45) is 0 Å². The molecule has 0 saturated carbocycles. The minimum atomic E-state index is -0.631. The van der Waals surface area contributed by atoms with Crippen LogP contribution in [0, 0.1) is 0 Å². The van der Waals surface area contributed by atoms with E-state index < -0.39 is 5.91 Å². The molecule has 2 heterocycles. The monoisotopic (exact) mass is 318 g/mol. The number of rotatable bonds is 5. The van der Waals surface area contributed by atoms with Gasteiger partial charge in [-0.15, -0.1) is 0 Å². The highest BCUT2D eigenvalue weighted by atomic mass is 16.5. The van der Waals surface area contributed by atoms with Gasteiger partial charge in [-0.05, 0) is 44.5 Å². The lowest BCUT2D eigenvalue weighted by atomic mass is 10.1. The van der Waals surface area contributed by atoms with E-state index in [-0.39, 0.29) is 11.4 Å². The number of ether oxygens (including phenoxy) is 1. The molecule has 0 aromatic carbocycles. The van der Waals surface area contributed by atoms with Crippen LogP contribution in [-0.4, -0.2) is 32.5 Å². The van der Waals surface area contributed by atoms with Gasteiger partial charge in [-0.2, -0.15) is 4.98 Å². The summed E-state index contributed by atoms with van der Waals surface area (Å²) in [5.74, 6) is 0.0689. The number of imidazole rings is 1. The molecular weight excluding hydrogens is 300 g/mol. The summed E-state index contributed by atoms with van der Waals surface area (Å²) in [6.45, 7) is 6.22. The largest absolute Gasteiger partial charge is 0.406 e. The van der Waals surface area contributed by atoms with Crippen LogP contribution in [0.5, 0.6) is 5.88 Å². The molecule has 8 heteroatoms. The fourth-order valence-electron chi connectivity index (χ4n) is 1.94. The molecule has 3 N–H and O–H groups in total. The van der Waals surface area contributed by atoms with Gasteiger partial charge in [0, 0.05) is 17.8 Å². The average Bonchev–Trinajstić information content (AvgIpc) is 2.81. The first kappa shape index (κ1) is 16.5. The predicted octanol–water partition coefficient (Wildman–Crippen LogP) is 1.60. The summed E-state index contributed by atoms with van der Waals surface area (Å²) in [7, 11) is 0. The van der Waals surface area contributed by atoms with Crippen molar-refractivity contribution in [2.75, 3.05) is 5.32 Å². The Labute approximate surface area is 132 Å². The molecule has 8 nitrogen and oxygen atoms in total. The summed E-state index contributed by atoms with van der Waals surface area (Å²) in [6.07, 6.45) is 4.46. The SMILES string of the molecule is CC(C)(C)Nc1c(OC=O)nc2ccc(C=CC(=O)NO)cn12. The van der Waals surface area contributed by atoms with Gasteiger partial charge in [0.2, 0.25) is 0 Å². The van der Waals surface area contributed by atoms with Crippen molar-refractivity contribution in [3.8, 4) is 5.88 Å². The maximum Gasteiger partial charge on any atom is 0.299 e. The van der Waals surface area contributed by atoms with Gasteiger partial charge in [0.25, 0.3) is 18.3 Å². The number of hydrogen-bond acceptors (Lipinski definition) is 6.